The van der Waals surface area contributed by atoms with Crippen molar-refractivity contribution in [3.8, 4) is 6.07 Å². The molecule has 72 valence electrons. The minimum Gasteiger partial charge on any atom is -0.258 e. The summed E-state index contributed by atoms with van der Waals surface area (Å²) in [6, 6.07) is 6.64. The fourth-order valence-corrected chi connectivity index (χ4v) is 1.28. The third kappa shape index (κ3) is 1.88. The number of hydrogen-bond acceptors (Lipinski definition) is 3. The number of rotatable bonds is 2. The average molecular weight is 190 g/mol. The van der Waals surface area contributed by atoms with Gasteiger partial charge in [-0.05, 0) is 25.0 Å². The topological polar surface area (TPSA) is 66.9 Å². The second-order valence-electron chi connectivity index (χ2n) is 3.15. The molecule has 1 atom stereocenters. The van der Waals surface area contributed by atoms with Crippen LogP contribution in [0, 0.1) is 28.4 Å². The van der Waals surface area contributed by atoms with Crippen molar-refractivity contribution in [3.63, 3.8) is 0 Å². The summed E-state index contributed by atoms with van der Waals surface area (Å²) < 4.78 is 0. The molecule has 0 saturated heterocycles. The summed E-state index contributed by atoms with van der Waals surface area (Å²) in [5.74, 6) is -0.310. The van der Waals surface area contributed by atoms with Crippen molar-refractivity contribution in [1.82, 2.24) is 0 Å². The lowest BCUT2D eigenvalue weighted by Gasteiger charge is -2.06. The maximum absolute atomic E-state index is 10.5. The molecule has 0 fully saturated rings. The van der Waals surface area contributed by atoms with Gasteiger partial charge in [0.2, 0.25) is 0 Å². The van der Waals surface area contributed by atoms with E-state index in [4.69, 9.17) is 5.26 Å². The number of nitro benzene ring substituents is 1. The Morgan fingerprint density at radius 2 is 2.21 bits per heavy atom. The summed E-state index contributed by atoms with van der Waals surface area (Å²) in [5.41, 5.74) is 1.67. The molecule has 4 nitrogen and oxygen atoms in total. The number of aryl methyl sites for hydroxylation is 1. The number of hydrogen-bond donors (Lipinski definition) is 0. The molecule has 0 N–H and O–H groups in total. The molecule has 1 rings (SSSR count). The van der Waals surface area contributed by atoms with Crippen molar-refractivity contribution in [1.29, 1.82) is 5.26 Å². The van der Waals surface area contributed by atoms with Gasteiger partial charge in [-0.25, -0.2) is 0 Å². The molecule has 0 radical (unpaired) electrons. The van der Waals surface area contributed by atoms with Gasteiger partial charge in [-0.3, -0.25) is 10.1 Å². The van der Waals surface area contributed by atoms with E-state index in [2.05, 4.69) is 6.07 Å². The fraction of sp³-hybridized carbons (Fsp3) is 0.300. The molecule has 0 aliphatic carbocycles. The Labute approximate surface area is 81.9 Å². The van der Waals surface area contributed by atoms with E-state index in [-0.39, 0.29) is 11.6 Å². The quantitative estimate of drug-likeness (QED) is 0.531. The van der Waals surface area contributed by atoms with Crippen molar-refractivity contribution in [3.05, 3.63) is 39.4 Å². The summed E-state index contributed by atoms with van der Waals surface area (Å²) in [4.78, 5) is 10.0. The molecular formula is C10H10N2O2. The standard InChI is InChI=1S/C10H10N2O2/c1-7-3-4-9(12(13)14)5-10(7)8(2)6-11/h3-5,8H,1-2H3. The number of nitriles is 1. The first-order valence-electron chi connectivity index (χ1n) is 4.21. The van der Waals surface area contributed by atoms with Crippen molar-refractivity contribution < 1.29 is 4.92 Å². The van der Waals surface area contributed by atoms with E-state index in [9.17, 15) is 10.1 Å². The van der Waals surface area contributed by atoms with Crippen LogP contribution in [0.2, 0.25) is 0 Å². The van der Waals surface area contributed by atoms with E-state index in [1.54, 1.807) is 13.0 Å². The summed E-state index contributed by atoms with van der Waals surface area (Å²) >= 11 is 0. The highest BCUT2D eigenvalue weighted by atomic mass is 16.6. The number of benzene rings is 1. The zero-order valence-corrected chi connectivity index (χ0v) is 8.02. The van der Waals surface area contributed by atoms with Gasteiger partial charge in [0.05, 0.1) is 16.9 Å². The van der Waals surface area contributed by atoms with Gasteiger partial charge < -0.3 is 0 Å². The van der Waals surface area contributed by atoms with Crippen molar-refractivity contribution in [2.75, 3.05) is 0 Å². The molecule has 0 bridgehead atoms. The lowest BCUT2D eigenvalue weighted by molar-refractivity contribution is -0.384. The van der Waals surface area contributed by atoms with Gasteiger partial charge in [-0.1, -0.05) is 6.07 Å². The summed E-state index contributed by atoms with van der Waals surface area (Å²) in [6.45, 7) is 3.57. The van der Waals surface area contributed by atoms with Gasteiger partial charge in [0.25, 0.3) is 5.69 Å². The molecule has 1 aromatic rings. The SMILES string of the molecule is Cc1ccc([N+](=O)[O-])cc1C(C)C#N. The molecular weight excluding hydrogens is 180 g/mol. The van der Waals surface area contributed by atoms with Gasteiger partial charge in [0.1, 0.15) is 0 Å². The number of nitrogens with zero attached hydrogens (tertiary/aromatic N) is 2. The normalized spacial score (nSPS) is 11.8. The van der Waals surface area contributed by atoms with Crippen LogP contribution in [0.25, 0.3) is 0 Å². The van der Waals surface area contributed by atoms with Crippen molar-refractivity contribution >= 4 is 5.69 Å². The molecule has 14 heavy (non-hydrogen) atoms. The Morgan fingerprint density at radius 3 is 2.71 bits per heavy atom. The van der Waals surface area contributed by atoms with E-state index in [1.807, 2.05) is 6.92 Å². The van der Waals surface area contributed by atoms with Gasteiger partial charge in [-0.15, -0.1) is 0 Å². The van der Waals surface area contributed by atoms with Crippen LogP contribution < -0.4 is 0 Å². The first-order chi connectivity index (χ1) is 6.56. The summed E-state index contributed by atoms with van der Waals surface area (Å²) in [7, 11) is 0. The molecule has 0 heterocycles. The van der Waals surface area contributed by atoms with E-state index < -0.39 is 4.92 Å². The van der Waals surface area contributed by atoms with Crippen LogP contribution >= 0.6 is 0 Å². The average Bonchev–Trinajstić information content (AvgIpc) is 2.17. The Kier molecular flexibility index (Phi) is 2.82. The molecule has 4 heteroatoms. The first kappa shape index (κ1) is 10.2. The van der Waals surface area contributed by atoms with Crippen LogP contribution in [0.5, 0.6) is 0 Å². The smallest absolute Gasteiger partial charge is 0.258 e. The Bertz CT molecular complexity index is 407. The molecule has 1 aromatic carbocycles. The molecule has 0 saturated carbocycles. The van der Waals surface area contributed by atoms with E-state index >= 15 is 0 Å². The van der Waals surface area contributed by atoms with E-state index in [0.717, 1.165) is 11.1 Å². The molecule has 1 unspecified atom stereocenters. The zero-order valence-electron chi connectivity index (χ0n) is 8.02. The van der Waals surface area contributed by atoms with Crippen LogP contribution in [0.1, 0.15) is 24.0 Å². The Balaban J connectivity index is 3.23. The first-order valence-corrected chi connectivity index (χ1v) is 4.21. The van der Waals surface area contributed by atoms with E-state index in [1.165, 1.54) is 12.1 Å². The molecule has 0 aromatic heterocycles. The lowest BCUT2D eigenvalue weighted by atomic mass is 9.97. The maximum atomic E-state index is 10.5. The third-order valence-electron chi connectivity index (χ3n) is 2.13. The van der Waals surface area contributed by atoms with Crippen LogP contribution in [-0.2, 0) is 0 Å². The number of nitro groups is 1. The largest absolute Gasteiger partial charge is 0.269 e. The van der Waals surface area contributed by atoms with Gasteiger partial charge in [-0.2, -0.15) is 5.26 Å². The monoisotopic (exact) mass is 190 g/mol. The predicted molar refractivity (Wildman–Crippen MR) is 51.9 cm³/mol. The second kappa shape index (κ2) is 3.88. The van der Waals surface area contributed by atoms with Crippen LogP contribution in [0.4, 0.5) is 5.69 Å². The van der Waals surface area contributed by atoms with E-state index in [0.29, 0.717) is 0 Å². The van der Waals surface area contributed by atoms with Gasteiger partial charge >= 0.3 is 0 Å². The summed E-state index contributed by atoms with van der Waals surface area (Å²) in [5, 5.41) is 19.2. The highest BCUT2D eigenvalue weighted by molar-refractivity contribution is 5.42. The van der Waals surface area contributed by atoms with Crippen molar-refractivity contribution in [2.45, 2.75) is 19.8 Å². The molecule has 0 amide bonds. The third-order valence-corrected chi connectivity index (χ3v) is 2.13. The Hall–Kier alpha value is -1.89. The highest BCUT2D eigenvalue weighted by Gasteiger charge is 2.12. The second-order valence-corrected chi connectivity index (χ2v) is 3.15. The van der Waals surface area contributed by atoms with Crippen LogP contribution in [-0.4, -0.2) is 4.92 Å². The van der Waals surface area contributed by atoms with Gasteiger partial charge in [0.15, 0.2) is 0 Å². The maximum Gasteiger partial charge on any atom is 0.269 e. The molecule has 0 aliphatic heterocycles. The fourth-order valence-electron chi connectivity index (χ4n) is 1.28. The number of non-ortho nitro benzene ring substituents is 1. The molecule has 0 aliphatic rings. The Morgan fingerprint density at radius 1 is 1.57 bits per heavy atom. The molecule has 0 spiro atoms. The minimum atomic E-state index is -0.451. The van der Waals surface area contributed by atoms with Gasteiger partial charge in [0, 0.05) is 12.1 Å². The van der Waals surface area contributed by atoms with Crippen LogP contribution in [0.3, 0.4) is 0 Å². The highest BCUT2D eigenvalue weighted by Crippen LogP contribution is 2.23. The zero-order chi connectivity index (χ0) is 10.7. The summed E-state index contributed by atoms with van der Waals surface area (Å²) in [6.07, 6.45) is 0. The lowest BCUT2D eigenvalue weighted by Crippen LogP contribution is -1.96. The van der Waals surface area contributed by atoms with Crippen LogP contribution in [0.15, 0.2) is 18.2 Å². The predicted octanol–water partition coefficient (Wildman–Crippen LogP) is 2.53. The van der Waals surface area contributed by atoms with Crippen molar-refractivity contribution in [2.24, 2.45) is 0 Å². The minimum absolute atomic E-state index is 0.0349.